The maximum atomic E-state index is 13.0. The molecule has 0 radical (unpaired) electrons. The number of unbranched alkanes of at least 4 members (excludes halogenated alkanes) is 29. The van der Waals surface area contributed by atoms with Crippen LogP contribution >= 0.6 is 0 Å². The van der Waals surface area contributed by atoms with Gasteiger partial charge in [-0.05, 0) is 83.5 Å². The zero-order valence-corrected chi connectivity index (χ0v) is 42.9. The first-order valence-electron chi connectivity index (χ1n) is 27.8. The summed E-state index contributed by atoms with van der Waals surface area (Å²) in [6.45, 7) is 4.20. The molecule has 1 heterocycles. The molecule has 67 heavy (non-hydrogen) atoms. The molecule has 1 aliphatic rings. The third kappa shape index (κ3) is 36.5. The van der Waals surface area contributed by atoms with Crippen LogP contribution in [-0.2, 0) is 23.8 Å². The summed E-state index contributed by atoms with van der Waals surface area (Å²) in [6.07, 6.45) is 45.3. The molecule has 0 aliphatic carbocycles. The van der Waals surface area contributed by atoms with Gasteiger partial charge in [-0.15, -0.1) is 0 Å². The molecule has 11 nitrogen and oxygen atoms in total. The van der Waals surface area contributed by atoms with Gasteiger partial charge in [0.15, 0.2) is 6.29 Å². The van der Waals surface area contributed by atoms with E-state index in [1.54, 1.807) is 6.08 Å². The smallest absolute Gasteiger partial charge is 0.305 e. The molecule has 0 aromatic heterocycles. The SMILES string of the molecule is CCCCCCCC/C=C\CCCCCCCCCCCC(=O)OCCCC/C=C\CCCCCCCC(=O)NC(COC1OC(CO)C(O)C(O)C1O)C(O)/C=C/CCCCCCCCC. The summed E-state index contributed by atoms with van der Waals surface area (Å²) in [6, 6.07) is -0.830. The number of hydrogen-bond donors (Lipinski definition) is 6. The maximum Gasteiger partial charge on any atom is 0.305 e. The molecule has 7 unspecified atom stereocenters. The number of hydrogen-bond acceptors (Lipinski definition) is 10. The zero-order chi connectivity index (χ0) is 48.8. The van der Waals surface area contributed by atoms with Gasteiger partial charge in [-0.25, -0.2) is 0 Å². The topological polar surface area (TPSA) is 175 Å². The lowest BCUT2D eigenvalue weighted by Gasteiger charge is -2.40. The number of rotatable bonds is 47. The summed E-state index contributed by atoms with van der Waals surface area (Å²) in [7, 11) is 0. The molecule has 1 aliphatic heterocycles. The Kier molecular flexibility index (Phi) is 43.4. The second-order valence-electron chi connectivity index (χ2n) is 19.3. The van der Waals surface area contributed by atoms with Gasteiger partial charge in [-0.1, -0.05) is 185 Å². The van der Waals surface area contributed by atoms with Crippen molar-refractivity contribution in [3.63, 3.8) is 0 Å². The number of amides is 1. The van der Waals surface area contributed by atoms with Crippen molar-refractivity contribution in [3.05, 3.63) is 36.5 Å². The van der Waals surface area contributed by atoms with Crippen molar-refractivity contribution in [2.24, 2.45) is 0 Å². The van der Waals surface area contributed by atoms with Crippen molar-refractivity contribution in [2.45, 2.75) is 288 Å². The van der Waals surface area contributed by atoms with Crippen LogP contribution in [0.3, 0.4) is 0 Å². The normalized spacial score (nSPS) is 19.8. The molecule has 0 aromatic rings. The lowest BCUT2D eigenvalue weighted by Crippen LogP contribution is -2.60. The Morgan fingerprint density at radius 2 is 0.955 bits per heavy atom. The van der Waals surface area contributed by atoms with E-state index in [-0.39, 0.29) is 18.5 Å². The average Bonchev–Trinajstić information content (AvgIpc) is 3.32. The van der Waals surface area contributed by atoms with E-state index in [0.29, 0.717) is 19.4 Å². The van der Waals surface area contributed by atoms with Crippen LogP contribution in [0, 0.1) is 0 Å². The predicted molar refractivity (Wildman–Crippen MR) is 274 cm³/mol. The molecular formula is C56H103NO10. The predicted octanol–water partition coefficient (Wildman–Crippen LogP) is 11.9. The van der Waals surface area contributed by atoms with Gasteiger partial charge in [-0.2, -0.15) is 0 Å². The summed E-state index contributed by atoms with van der Waals surface area (Å²) in [5, 5.41) is 54.1. The third-order valence-electron chi connectivity index (χ3n) is 13.0. The van der Waals surface area contributed by atoms with Crippen LogP contribution in [0.5, 0.6) is 0 Å². The molecule has 0 spiro atoms. The highest BCUT2D eigenvalue weighted by Crippen LogP contribution is 2.23. The van der Waals surface area contributed by atoms with Gasteiger partial charge >= 0.3 is 5.97 Å². The Morgan fingerprint density at radius 3 is 1.43 bits per heavy atom. The maximum absolute atomic E-state index is 13.0. The first kappa shape index (κ1) is 62.9. The number of carbonyl (C=O) groups excluding carboxylic acids is 2. The van der Waals surface area contributed by atoms with Crippen molar-refractivity contribution in [1.29, 1.82) is 0 Å². The zero-order valence-electron chi connectivity index (χ0n) is 42.9. The van der Waals surface area contributed by atoms with E-state index >= 15 is 0 Å². The van der Waals surface area contributed by atoms with Gasteiger partial charge in [-0.3, -0.25) is 9.59 Å². The van der Waals surface area contributed by atoms with Crippen molar-refractivity contribution < 1.29 is 49.3 Å². The van der Waals surface area contributed by atoms with Crippen molar-refractivity contribution >= 4 is 11.9 Å². The summed E-state index contributed by atoms with van der Waals surface area (Å²) in [5.41, 5.74) is 0. The number of nitrogens with one attached hydrogen (secondary N) is 1. The second-order valence-corrected chi connectivity index (χ2v) is 19.3. The van der Waals surface area contributed by atoms with E-state index in [9.17, 15) is 35.1 Å². The van der Waals surface area contributed by atoms with Crippen molar-refractivity contribution in [3.8, 4) is 0 Å². The fourth-order valence-corrected chi connectivity index (χ4v) is 8.48. The molecule has 11 heteroatoms. The second kappa shape index (κ2) is 46.3. The van der Waals surface area contributed by atoms with Gasteiger partial charge < -0.3 is 45.1 Å². The molecule has 1 saturated heterocycles. The van der Waals surface area contributed by atoms with Gasteiger partial charge in [0, 0.05) is 12.8 Å². The van der Waals surface area contributed by atoms with E-state index in [1.807, 2.05) is 6.08 Å². The first-order valence-corrected chi connectivity index (χ1v) is 27.8. The molecule has 1 rings (SSSR count). The van der Waals surface area contributed by atoms with Gasteiger partial charge in [0.2, 0.25) is 5.91 Å². The van der Waals surface area contributed by atoms with Gasteiger partial charge in [0.25, 0.3) is 0 Å². The number of carbonyl (C=O) groups is 2. The minimum absolute atomic E-state index is 0.0584. The summed E-state index contributed by atoms with van der Waals surface area (Å²) in [4.78, 5) is 25.1. The molecule has 0 aromatic carbocycles. The summed E-state index contributed by atoms with van der Waals surface area (Å²) < 4.78 is 16.6. The molecule has 1 fully saturated rings. The third-order valence-corrected chi connectivity index (χ3v) is 13.0. The standard InChI is InChI=1S/C56H103NO10/c1-3-5-7-9-11-13-14-15-16-17-18-19-20-21-24-28-32-36-40-44-52(61)65-45-41-37-33-29-25-22-23-27-31-35-39-43-51(60)57-48(49(59)42-38-34-30-26-12-10-8-6-4-2)47-66-56-55(64)54(63)53(62)50(46-58)67-56/h15-16,25,29,38,42,48-50,53-56,58-59,62-64H,3-14,17-24,26-28,30-37,39-41,43-47H2,1-2H3,(H,57,60)/b16-15-,29-25-,42-38+. The highest BCUT2D eigenvalue weighted by molar-refractivity contribution is 5.76. The van der Waals surface area contributed by atoms with E-state index in [2.05, 4.69) is 43.5 Å². The Hall–Kier alpha value is -2.12. The molecule has 7 atom stereocenters. The Balaban J connectivity index is 2.10. The van der Waals surface area contributed by atoms with Gasteiger partial charge in [0.1, 0.15) is 24.4 Å². The van der Waals surface area contributed by atoms with Crippen molar-refractivity contribution in [1.82, 2.24) is 5.32 Å². The highest BCUT2D eigenvalue weighted by atomic mass is 16.7. The summed E-state index contributed by atoms with van der Waals surface area (Å²) >= 11 is 0. The molecule has 0 saturated carbocycles. The lowest BCUT2D eigenvalue weighted by molar-refractivity contribution is -0.302. The van der Waals surface area contributed by atoms with E-state index < -0.39 is 49.5 Å². The molecule has 0 bridgehead atoms. The fraction of sp³-hybridized carbons (Fsp3) is 0.857. The lowest BCUT2D eigenvalue weighted by atomic mass is 9.99. The van der Waals surface area contributed by atoms with Crippen LogP contribution in [0.25, 0.3) is 0 Å². The number of allylic oxidation sites excluding steroid dienone is 5. The molecular weight excluding hydrogens is 847 g/mol. The average molecular weight is 950 g/mol. The number of aliphatic hydroxyl groups excluding tert-OH is 5. The highest BCUT2D eigenvalue weighted by Gasteiger charge is 2.44. The van der Waals surface area contributed by atoms with Crippen LogP contribution in [0.4, 0.5) is 0 Å². The quantitative estimate of drug-likeness (QED) is 0.0196. The minimum Gasteiger partial charge on any atom is -0.466 e. The van der Waals surface area contributed by atoms with Gasteiger partial charge in [0.05, 0.1) is 32.0 Å². The van der Waals surface area contributed by atoms with E-state index in [0.717, 1.165) is 89.9 Å². The molecule has 6 N–H and O–H groups in total. The first-order chi connectivity index (χ1) is 32.7. The Morgan fingerprint density at radius 1 is 0.537 bits per heavy atom. The van der Waals surface area contributed by atoms with Crippen LogP contribution in [-0.4, -0.2) is 100 Å². The van der Waals surface area contributed by atoms with E-state index in [4.69, 9.17) is 14.2 Å². The van der Waals surface area contributed by atoms with Crippen LogP contribution < -0.4 is 5.32 Å². The number of ether oxygens (including phenoxy) is 3. The van der Waals surface area contributed by atoms with E-state index in [1.165, 1.54) is 128 Å². The van der Waals surface area contributed by atoms with Crippen LogP contribution in [0.15, 0.2) is 36.5 Å². The monoisotopic (exact) mass is 950 g/mol. The number of esters is 1. The minimum atomic E-state index is -1.58. The fourth-order valence-electron chi connectivity index (χ4n) is 8.48. The van der Waals surface area contributed by atoms with Crippen molar-refractivity contribution in [2.75, 3.05) is 19.8 Å². The summed E-state index contributed by atoms with van der Waals surface area (Å²) in [5.74, 6) is -0.272. The van der Waals surface area contributed by atoms with Crippen LogP contribution in [0.1, 0.15) is 245 Å². The largest absolute Gasteiger partial charge is 0.466 e. The Labute approximate surface area is 409 Å². The molecule has 392 valence electrons. The Bertz CT molecular complexity index is 1210. The number of aliphatic hydroxyl groups is 5. The molecule has 1 amide bonds. The van der Waals surface area contributed by atoms with Crippen LogP contribution in [0.2, 0.25) is 0 Å².